The number of aromatic nitrogens is 4. The molecule has 0 saturated carbocycles. The van der Waals surface area contributed by atoms with Gasteiger partial charge in [-0.25, -0.2) is 9.97 Å². The lowest BCUT2D eigenvalue weighted by molar-refractivity contribution is 0.0847. The van der Waals surface area contributed by atoms with Gasteiger partial charge < -0.3 is 18.6 Å². The molecule has 0 amide bonds. The summed E-state index contributed by atoms with van der Waals surface area (Å²) < 4.78 is 18.8. The number of hydrogen-bond acceptors (Lipinski definition) is 5. The van der Waals surface area contributed by atoms with Gasteiger partial charge >= 0.3 is 0 Å². The number of imidazole rings is 2. The van der Waals surface area contributed by atoms with Crippen LogP contribution in [0.25, 0.3) is 0 Å². The van der Waals surface area contributed by atoms with Gasteiger partial charge in [0, 0.05) is 46.5 Å². The average Bonchev–Trinajstić information content (AvgIpc) is 3.57. The summed E-state index contributed by atoms with van der Waals surface area (Å²) in [5.74, 6) is 1.44. The lowest BCUT2D eigenvalue weighted by atomic mass is 10.1. The summed E-state index contributed by atoms with van der Waals surface area (Å²) in [7, 11) is -1.97. The summed E-state index contributed by atoms with van der Waals surface area (Å²) in [6.45, 7) is 30.0. The van der Waals surface area contributed by atoms with Crippen molar-refractivity contribution in [1.29, 1.82) is 0 Å². The van der Waals surface area contributed by atoms with E-state index >= 15 is 0 Å². The third kappa shape index (κ3) is 16.1. The topological polar surface area (TPSA) is 66.5 Å². The molecule has 7 nitrogen and oxygen atoms in total. The van der Waals surface area contributed by atoms with Crippen molar-refractivity contribution in [2.75, 3.05) is 13.2 Å². The Morgan fingerprint density at radius 3 is 1.63 bits per heavy atom. The number of halogens is 3. The summed E-state index contributed by atoms with van der Waals surface area (Å²) >= 11 is 10.5. The molecule has 0 spiro atoms. The van der Waals surface area contributed by atoms with Crippen LogP contribution in [0.15, 0.2) is 37.0 Å². The van der Waals surface area contributed by atoms with E-state index in [1.807, 2.05) is 23.4 Å². The molecule has 3 rings (SSSR count). The number of nitrogens with zero attached hydrogens (tertiary/aromatic N) is 5. The van der Waals surface area contributed by atoms with E-state index in [0.29, 0.717) is 31.2 Å². The molecule has 12 heteroatoms. The van der Waals surface area contributed by atoms with Crippen LogP contribution in [0.4, 0.5) is 0 Å². The first kappa shape index (κ1) is 40.6. The maximum Gasteiger partial charge on any atom is 0.127 e. The normalized spacial score (nSPS) is 13.6. The molecule has 43 heavy (non-hydrogen) atoms. The molecule has 1 aliphatic rings. The molecule has 0 atom stereocenters. The summed E-state index contributed by atoms with van der Waals surface area (Å²) in [5, 5.41) is 0. The van der Waals surface area contributed by atoms with E-state index in [2.05, 4.69) is 148 Å². The Morgan fingerprint density at radius 2 is 1.26 bits per heavy atom. The zero-order valence-corrected chi connectivity index (χ0v) is 35.4. The van der Waals surface area contributed by atoms with Gasteiger partial charge in [-0.3, -0.25) is 4.99 Å². The Balaban J connectivity index is 0.000000338. The number of allylic oxidation sites excluding steroid dienone is 2. The van der Waals surface area contributed by atoms with Crippen molar-refractivity contribution in [3.8, 4) is 0 Å². The van der Waals surface area contributed by atoms with E-state index in [1.165, 1.54) is 28.0 Å². The monoisotopic (exact) mass is 823 g/mol. The van der Waals surface area contributed by atoms with Crippen molar-refractivity contribution < 1.29 is 9.47 Å². The number of hydrogen-bond donors (Lipinski definition) is 0. The van der Waals surface area contributed by atoms with Crippen LogP contribution in [-0.4, -0.2) is 54.7 Å². The average molecular weight is 827 g/mol. The predicted molar refractivity (Wildman–Crippen MR) is 200 cm³/mol. The van der Waals surface area contributed by atoms with E-state index in [1.54, 1.807) is 0 Å². The molecule has 3 heterocycles. The molecule has 1 aliphatic heterocycles. The Bertz CT molecular complexity index is 1160. The number of aliphatic imine (C=N–C) groups is 1. The Kier molecular flexibility index (Phi) is 18.3. The fourth-order valence-electron chi connectivity index (χ4n) is 3.84. The SMILES string of the molecule is CC(C)C1=C(Br)CC=N1.CC(C)c1c(Br)ncn1COCC[Si](C)(C)C.CC(C)c1ncn(COCC[Si](C)(C)C)c1Br. The molecular weight excluding hydrogens is 770 g/mol. The van der Waals surface area contributed by atoms with Gasteiger partial charge in [0.15, 0.2) is 0 Å². The first-order valence-electron chi connectivity index (χ1n) is 15.3. The molecule has 2 aromatic rings. The zero-order chi connectivity index (χ0) is 33.0. The van der Waals surface area contributed by atoms with E-state index in [4.69, 9.17) is 9.47 Å². The molecule has 0 bridgehead atoms. The van der Waals surface area contributed by atoms with Crippen LogP contribution >= 0.6 is 47.8 Å². The quantitative estimate of drug-likeness (QED) is 0.149. The van der Waals surface area contributed by atoms with Crippen LogP contribution in [0.1, 0.15) is 71.2 Å². The van der Waals surface area contributed by atoms with E-state index in [-0.39, 0.29) is 0 Å². The van der Waals surface area contributed by atoms with Gasteiger partial charge in [-0.05, 0) is 61.7 Å². The van der Waals surface area contributed by atoms with Crippen molar-refractivity contribution in [1.82, 2.24) is 19.1 Å². The molecule has 0 aliphatic carbocycles. The Labute approximate surface area is 289 Å². The van der Waals surface area contributed by atoms with Crippen LogP contribution < -0.4 is 0 Å². The van der Waals surface area contributed by atoms with Crippen LogP contribution in [0.3, 0.4) is 0 Å². The van der Waals surface area contributed by atoms with Crippen LogP contribution in [0.2, 0.25) is 51.4 Å². The van der Waals surface area contributed by atoms with Crippen molar-refractivity contribution in [3.63, 3.8) is 0 Å². The fourth-order valence-corrected chi connectivity index (χ4v) is 7.59. The Morgan fingerprint density at radius 1 is 0.744 bits per heavy atom. The summed E-state index contributed by atoms with van der Waals surface area (Å²) in [5.41, 5.74) is 3.51. The lowest BCUT2D eigenvalue weighted by Gasteiger charge is -2.16. The van der Waals surface area contributed by atoms with Gasteiger partial charge in [0.25, 0.3) is 0 Å². The summed E-state index contributed by atoms with van der Waals surface area (Å²) in [6, 6.07) is 2.41. The van der Waals surface area contributed by atoms with Crippen LogP contribution in [0.5, 0.6) is 0 Å². The fraction of sp³-hybridized carbons (Fsp3) is 0.710. The Hall–Kier alpha value is -0.376. The van der Waals surface area contributed by atoms with E-state index < -0.39 is 16.1 Å². The van der Waals surface area contributed by atoms with E-state index in [9.17, 15) is 0 Å². The zero-order valence-electron chi connectivity index (χ0n) is 28.6. The number of rotatable bonds is 13. The first-order chi connectivity index (χ1) is 19.8. The molecule has 0 unspecified atom stereocenters. The van der Waals surface area contributed by atoms with Crippen molar-refractivity contribution in [2.24, 2.45) is 10.9 Å². The summed E-state index contributed by atoms with van der Waals surface area (Å²) in [6.07, 6.45) is 6.61. The highest BCUT2D eigenvalue weighted by atomic mass is 79.9. The molecular formula is C31H56Br3N5O2Si2. The van der Waals surface area contributed by atoms with E-state index in [0.717, 1.165) is 34.5 Å². The minimum atomic E-state index is -0.985. The van der Waals surface area contributed by atoms with Crippen molar-refractivity contribution >= 4 is 70.2 Å². The maximum absolute atomic E-state index is 5.74. The second-order valence-electron chi connectivity index (χ2n) is 14.2. The number of ether oxygens (including phenoxy) is 2. The largest absolute Gasteiger partial charge is 0.361 e. The second-order valence-corrected chi connectivity index (χ2v) is 27.9. The second kappa shape index (κ2) is 19.3. The molecule has 246 valence electrons. The van der Waals surface area contributed by atoms with Gasteiger partial charge in [-0.15, -0.1) is 0 Å². The smallest absolute Gasteiger partial charge is 0.127 e. The molecule has 0 N–H and O–H groups in total. The van der Waals surface area contributed by atoms with Crippen molar-refractivity contribution in [3.05, 3.63) is 43.4 Å². The third-order valence-corrected chi connectivity index (χ3v) is 12.1. The minimum absolute atomic E-state index is 0.438. The standard InChI is InChI=1S/2C12H23BrN2OSi.C7H10BrN/c1-10(2)11-12(13)14-8-15(11)9-16-6-7-17(3,4)5;1-10(2)11-12(13)15(8-14-11)9-16-6-7-17(3,4)5;1-5(2)7-6(8)3-4-9-7/h2*8,10H,6-7,9H2,1-5H3;4-5H,3H2,1-2H3. The van der Waals surface area contributed by atoms with Crippen LogP contribution in [0, 0.1) is 5.92 Å². The summed E-state index contributed by atoms with van der Waals surface area (Å²) in [4.78, 5) is 12.9. The van der Waals surface area contributed by atoms with Gasteiger partial charge in [-0.2, -0.15) is 0 Å². The molecule has 0 fully saturated rings. The highest BCUT2D eigenvalue weighted by Gasteiger charge is 2.16. The van der Waals surface area contributed by atoms with Gasteiger partial charge in [0.05, 0.1) is 29.7 Å². The molecule has 0 radical (unpaired) electrons. The van der Waals surface area contributed by atoms with Crippen molar-refractivity contribution in [2.45, 2.75) is 125 Å². The highest BCUT2D eigenvalue weighted by Crippen LogP contribution is 2.27. The molecule has 0 aromatic carbocycles. The van der Waals surface area contributed by atoms with Gasteiger partial charge in [0.1, 0.15) is 22.7 Å². The molecule has 0 saturated heterocycles. The molecule has 2 aromatic heterocycles. The third-order valence-electron chi connectivity index (χ3n) is 6.50. The van der Waals surface area contributed by atoms with Crippen LogP contribution in [-0.2, 0) is 22.9 Å². The predicted octanol–water partition coefficient (Wildman–Crippen LogP) is 10.9. The van der Waals surface area contributed by atoms with Gasteiger partial charge in [0.2, 0.25) is 0 Å². The maximum atomic E-state index is 5.74. The van der Waals surface area contributed by atoms with Gasteiger partial charge in [-0.1, -0.05) is 96.8 Å². The highest BCUT2D eigenvalue weighted by molar-refractivity contribution is 9.11. The first-order valence-corrected chi connectivity index (χ1v) is 25.1. The lowest BCUT2D eigenvalue weighted by Crippen LogP contribution is -2.22. The minimum Gasteiger partial charge on any atom is -0.361 e.